The lowest BCUT2D eigenvalue weighted by atomic mass is 9.86. The van der Waals surface area contributed by atoms with Gasteiger partial charge in [0, 0.05) is 5.56 Å². The van der Waals surface area contributed by atoms with Crippen LogP contribution in [0.15, 0.2) is 62.4 Å². The van der Waals surface area contributed by atoms with Crippen molar-refractivity contribution in [2.75, 3.05) is 0 Å². The largest absolute Gasteiger partial charge is 0.464 e. The normalized spacial score (nSPS) is 14.9. The lowest BCUT2D eigenvalue weighted by molar-refractivity contribution is 0.578. The average molecular weight is 344 g/mol. The Hall–Kier alpha value is -2.81. The highest BCUT2D eigenvalue weighted by Crippen LogP contribution is 2.36. The first-order valence-electron chi connectivity index (χ1n) is 9.37. The van der Waals surface area contributed by atoms with Gasteiger partial charge in [0.15, 0.2) is 0 Å². The molecule has 0 N–H and O–H groups in total. The zero-order valence-corrected chi connectivity index (χ0v) is 14.6. The molecular weight excluding hydrogens is 324 g/mol. The molecule has 3 heteroatoms. The fraction of sp³-hybridized carbons (Fsp3) is 0.261. The standard InChI is InChI=1S/C23H20O3/c24-23-17-10-5-6-11-20(17)26-21-14-18(19-12-7-13-25-19)15-8-3-1-2-4-9-16(15)22(21)23/h5-7,10-14H,1-4,8-9H2. The van der Waals surface area contributed by atoms with E-state index in [-0.39, 0.29) is 5.43 Å². The molecule has 26 heavy (non-hydrogen) atoms. The van der Waals surface area contributed by atoms with E-state index < -0.39 is 0 Å². The van der Waals surface area contributed by atoms with E-state index in [1.54, 1.807) is 6.26 Å². The molecule has 2 heterocycles. The van der Waals surface area contributed by atoms with Gasteiger partial charge in [-0.15, -0.1) is 0 Å². The third-order valence-electron chi connectivity index (χ3n) is 5.48. The summed E-state index contributed by atoms with van der Waals surface area (Å²) in [6.45, 7) is 0. The maximum atomic E-state index is 13.3. The van der Waals surface area contributed by atoms with Gasteiger partial charge in [0.1, 0.15) is 16.9 Å². The van der Waals surface area contributed by atoms with Crippen molar-refractivity contribution in [2.45, 2.75) is 38.5 Å². The van der Waals surface area contributed by atoms with Crippen LogP contribution < -0.4 is 5.43 Å². The molecule has 1 aliphatic carbocycles. The van der Waals surface area contributed by atoms with Crippen LogP contribution in [-0.2, 0) is 12.8 Å². The minimum Gasteiger partial charge on any atom is -0.464 e. The Morgan fingerprint density at radius 3 is 2.42 bits per heavy atom. The Labute approximate surface area is 151 Å². The van der Waals surface area contributed by atoms with Gasteiger partial charge in [-0.25, -0.2) is 0 Å². The highest BCUT2D eigenvalue weighted by atomic mass is 16.3. The number of hydrogen-bond donors (Lipinski definition) is 0. The molecule has 5 rings (SSSR count). The van der Waals surface area contributed by atoms with E-state index in [0.717, 1.165) is 48.0 Å². The van der Waals surface area contributed by atoms with Gasteiger partial charge in [-0.2, -0.15) is 0 Å². The molecule has 0 saturated carbocycles. The molecule has 4 aromatic rings. The monoisotopic (exact) mass is 344 g/mol. The maximum absolute atomic E-state index is 13.3. The SMILES string of the molecule is O=c1c2ccccc2oc2cc(-c3ccco3)c3c(c12)CCCCCC3. The van der Waals surface area contributed by atoms with Crippen molar-refractivity contribution in [2.24, 2.45) is 0 Å². The van der Waals surface area contributed by atoms with Crippen LogP contribution in [0, 0.1) is 0 Å². The minimum atomic E-state index is 0.0877. The van der Waals surface area contributed by atoms with Gasteiger partial charge in [-0.1, -0.05) is 25.0 Å². The maximum Gasteiger partial charge on any atom is 0.200 e. The molecule has 0 unspecified atom stereocenters. The zero-order valence-electron chi connectivity index (χ0n) is 14.6. The van der Waals surface area contributed by atoms with Crippen LogP contribution >= 0.6 is 0 Å². The first-order valence-corrected chi connectivity index (χ1v) is 9.37. The second-order valence-electron chi connectivity index (χ2n) is 7.07. The fourth-order valence-corrected chi connectivity index (χ4v) is 4.25. The van der Waals surface area contributed by atoms with Gasteiger partial charge in [0.05, 0.1) is 17.0 Å². The topological polar surface area (TPSA) is 43.4 Å². The van der Waals surface area contributed by atoms with Crippen molar-refractivity contribution < 1.29 is 8.83 Å². The van der Waals surface area contributed by atoms with Crippen LogP contribution in [0.25, 0.3) is 33.3 Å². The Morgan fingerprint density at radius 2 is 1.62 bits per heavy atom. The molecule has 2 aromatic carbocycles. The summed E-state index contributed by atoms with van der Waals surface area (Å²) < 4.78 is 11.9. The zero-order chi connectivity index (χ0) is 17.5. The predicted molar refractivity (Wildman–Crippen MR) is 104 cm³/mol. The van der Waals surface area contributed by atoms with E-state index in [1.807, 2.05) is 42.5 Å². The van der Waals surface area contributed by atoms with Gasteiger partial charge < -0.3 is 8.83 Å². The summed E-state index contributed by atoms with van der Waals surface area (Å²) in [5, 5.41) is 1.42. The number of aryl methyl sites for hydroxylation is 1. The van der Waals surface area contributed by atoms with Gasteiger partial charge in [-0.05, 0) is 67.1 Å². The predicted octanol–water partition coefficient (Wildman–Crippen LogP) is 5.87. The lowest BCUT2D eigenvalue weighted by Crippen LogP contribution is -2.10. The van der Waals surface area contributed by atoms with Gasteiger partial charge in [-0.3, -0.25) is 4.79 Å². The van der Waals surface area contributed by atoms with Gasteiger partial charge in [0.2, 0.25) is 5.43 Å². The molecule has 0 bridgehead atoms. The molecule has 0 spiro atoms. The van der Waals surface area contributed by atoms with Crippen molar-refractivity contribution in [1.29, 1.82) is 0 Å². The first kappa shape index (κ1) is 15.4. The third kappa shape index (κ3) is 2.38. The number of furan rings is 1. The molecule has 2 aromatic heterocycles. The summed E-state index contributed by atoms with van der Waals surface area (Å²) in [6, 6.07) is 13.4. The lowest BCUT2D eigenvalue weighted by Gasteiger charge is -2.19. The van der Waals surface area contributed by atoms with Crippen LogP contribution in [0.5, 0.6) is 0 Å². The fourth-order valence-electron chi connectivity index (χ4n) is 4.25. The van der Waals surface area contributed by atoms with Crippen LogP contribution in [0.4, 0.5) is 0 Å². The van der Waals surface area contributed by atoms with E-state index in [9.17, 15) is 4.79 Å². The highest BCUT2D eigenvalue weighted by Gasteiger charge is 2.21. The molecule has 3 nitrogen and oxygen atoms in total. The Bertz CT molecular complexity index is 1150. The van der Waals surface area contributed by atoms with Crippen LogP contribution in [0.3, 0.4) is 0 Å². The Kier molecular flexibility index (Phi) is 3.66. The van der Waals surface area contributed by atoms with E-state index in [2.05, 4.69) is 0 Å². The van der Waals surface area contributed by atoms with Crippen molar-refractivity contribution in [1.82, 2.24) is 0 Å². The molecule has 0 atom stereocenters. The molecule has 1 aliphatic rings. The number of hydrogen-bond acceptors (Lipinski definition) is 3. The van der Waals surface area contributed by atoms with Crippen LogP contribution in [0.1, 0.15) is 36.8 Å². The Morgan fingerprint density at radius 1 is 0.808 bits per heavy atom. The van der Waals surface area contributed by atoms with E-state index >= 15 is 0 Å². The van der Waals surface area contributed by atoms with Crippen molar-refractivity contribution in [3.05, 3.63) is 70.1 Å². The van der Waals surface area contributed by atoms with Gasteiger partial charge >= 0.3 is 0 Å². The summed E-state index contributed by atoms with van der Waals surface area (Å²) in [4.78, 5) is 13.3. The summed E-state index contributed by atoms with van der Waals surface area (Å²) in [6.07, 6.45) is 8.30. The molecule has 0 aliphatic heterocycles. The smallest absolute Gasteiger partial charge is 0.200 e. The molecular formula is C23H20O3. The number of para-hydroxylation sites is 1. The van der Waals surface area contributed by atoms with E-state index in [4.69, 9.17) is 8.83 Å². The molecule has 0 saturated heterocycles. The van der Waals surface area contributed by atoms with Crippen molar-refractivity contribution >= 4 is 21.9 Å². The molecule has 0 fully saturated rings. The Balaban J connectivity index is 1.93. The molecule has 130 valence electrons. The summed E-state index contributed by atoms with van der Waals surface area (Å²) in [5.74, 6) is 0.847. The summed E-state index contributed by atoms with van der Waals surface area (Å²) in [7, 11) is 0. The quantitative estimate of drug-likeness (QED) is 0.406. The second-order valence-corrected chi connectivity index (χ2v) is 7.07. The summed E-state index contributed by atoms with van der Waals surface area (Å²) >= 11 is 0. The number of fused-ring (bicyclic) bond motifs is 4. The van der Waals surface area contributed by atoms with E-state index in [0.29, 0.717) is 16.6 Å². The minimum absolute atomic E-state index is 0.0877. The van der Waals surface area contributed by atoms with Gasteiger partial charge in [0.25, 0.3) is 0 Å². The number of rotatable bonds is 1. The van der Waals surface area contributed by atoms with E-state index in [1.165, 1.54) is 18.4 Å². The van der Waals surface area contributed by atoms with Crippen LogP contribution in [-0.4, -0.2) is 0 Å². The molecule has 0 amide bonds. The average Bonchev–Trinajstić information content (AvgIpc) is 3.16. The van der Waals surface area contributed by atoms with Crippen molar-refractivity contribution in [3.8, 4) is 11.3 Å². The molecule has 0 radical (unpaired) electrons. The van der Waals surface area contributed by atoms with Crippen LogP contribution in [0.2, 0.25) is 0 Å². The summed E-state index contributed by atoms with van der Waals surface area (Å²) in [5.41, 5.74) is 4.88. The first-order chi connectivity index (χ1) is 12.8. The number of benzene rings is 2. The second kappa shape index (κ2) is 6.17. The van der Waals surface area contributed by atoms with Crippen molar-refractivity contribution in [3.63, 3.8) is 0 Å². The highest BCUT2D eigenvalue weighted by molar-refractivity contribution is 5.95. The third-order valence-corrected chi connectivity index (χ3v) is 5.48.